The molecule has 1 fully saturated rings. The van der Waals surface area contributed by atoms with Crippen molar-refractivity contribution in [1.82, 2.24) is 5.32 Å². The fourth-order valence-corrected chi connectivity index (χ4v) is 2.57. The second-order valence-electron chi connectivity index (χ2n) is 4.16. The molecule has 3 heteroatoms. The van der Waals surface area contributed by atoms with Gasteiger partial charge in [-0.3, -0.25) is 0 Å². The summed E-state index contributed by atoms with van der Waals surface area (Å²) < 4.78 is 0. The summed E-state index contributed by atoms with van der Waals surface area (Å²) in [7, 11) is 0. The van der Waals surface area contributed by atoms with Crippen LogP contribution in [-0.2, 0) is 0 Å². The summed E-state index contributed by atoms with van der Waals surface area (Å²) in [5.74, 6) is 2.35. The Morgan fingerprint density at radius 1 is 1.29 bits per heavy atom. The molecule has 0 amide bonds. The zero-order valence-corrected chi connectivity index (χ0v) is 10.0. The first kappa shape index (κ1) is 12.3. The third-order valence-electron chi connectivity index (χ3n) is 2.87. The molecule has 2 N–H and O–H groups in total. The second-order valence-corrected chi connectivity index (χ2v) is 5.55. The molecule has 1 aliphatic rings. The lowest BCUT2D eigenvalue weighted by atomic mass is 9.85. The van der Waals surface area contributed by atoms with Crippen LogP contribution in [0.1, 0.15) is 39.0 Å². The van der Waals surface area contributed by atoms with E-state index in [0.29, 0.717) is 0 Å². The standard InChI is InChI=1S/C11H23NOS/c1-2-14-9-8-12-10-11(13)6-4-3-5-7-11/h12-13H,2-10H2,1H3. The van der Waals surface area contributed by atoms with Gasteiger partial charge in [-0.1, -0.05) is 26.2 Å². The van der Waals surface area contributed by atoms with Gasteiger partial charge in [0.2, 0.25) is 0 Å². The van der Waals surface area contributed by atoms with Crippen LogP contribution in [0.15, 0.2) is 0 Å². The molecular weight excluding hydrogens is 194 g/mol. The summed E-state index contributed by atoms with van der Waals surface area (Å²) in [4.78, 5) is 0. The number of hydrogen-bond donors (Lipinski definition) is 2. The van der Waals surface area contributed by atoms with Crippen molar-refractivity contribution in [2.75, 3.05) is 24.6 Å². The zero-order chi connectivity index (χ0) is 10.3. The Morgan fingerprint density at radius 2 is 2.00 bits per heavy atom. The molecule has 0 radical (unpaired) electrons. The van der Waals surface area contributed by atoms with Crippen LogP contribution in [0.3, 0.4) is 0 Å². The molecule has 0 aromatic carbocycles. The molecule has 0 aromatic heterocycles. The molecular formula is C11H23NOS. The van der Waals surface area contributed by atoms with Gasteiger partial charge in [0.1, 0.15) is 0 Å². The monoisotopic (exact) mass is 217 g/mol. The van der Waals surface area contributed by atoms with Crippen molar-refractivity contribution >= 4 is 11.8 Å². The third-order valence-corrected chi connectivity index (χ3v) is 3.77. The Hall–Kier alpha value is 0.270. The molecule has 0 spiro atoms. The van der Waals surface area contributed by atoms with E-state index in [4.69, 9.17) is 0 Å². The van der Waals surface area contributed by atoms with Crippen LogP contribution in [0.4, 0.5) is 0 Å². The fourth-order valence-electron chi connectivity index (χ4n) is 2.00. The molecule has 0 aromatic rings. The van der Waals surface area contributed by atoms with E-state index in [1.807, 2.05) is 11.8 Å². The highest BCUT2D eigenvalue weighted by Gasteiger charge is 2.28. The maximum Gasteiger partial charge on any atom is 0.0771 e. The minimum Gasteiger partial charge on any atom is -0.389 e. The van der Waals surface area contributed by atoms with E-state index in [9.17, 15) is 5.11 Å². The molecule has 0 heterocycles. The lowest BCUT2D eigenvalue weighted by molar-refractivity contribution is 0.00546. The average molecular weight is 217 g/mol. The summed E-state index contributed by atoms with van der Waals surface area (Å²) in [6, 6.07) is 0. The molecule has 84 valence electrons. The Kier molecular flexibility index (Phi) is 5.90. The molecule has 1 rings (SSSR count). The van der Waals surface area contributed by atoms with Gasteiger partial charge in [0.05, 0.1) is 5.60 Å². The highest BCUT2D eigenvalue weighted by molar-refractivity contribution is 7.99. The molecule has 0 bridgehead atoms. The summed E-state index contributed by atoms with van der Waals surface area (Å²) in [6.07, 6.45) is 5.67. The molecule has 0 unspecified atom stereocenters. The van der Waals surface area contributed by atoms with Crippen LogP contribution in [0.2, 0.25) is 0 Å². The minimum atomic E-state index is -0.394. The first-order valence-electron chi connectivity index (χ1n) is 5.78. The lowest BCUT2D eigenvalue weighted by Crippen LogP contribution is -2.42. The van der Waals surface area contributed by atoms with E-state index in [0.717, 1.165) is 31.7 Å². The maximum absolute atomic E-state index is 10.2. The summed E-state index contributed by atoms with van der Waals surface area (Å²) in [5.41, 5.74) is -0.394. The SMILES string of the molecule is CCSCCNCC1(O)CCCCC1. The Bertz CT molecular complexity index is 146. The van der Waals surface area contributed by atoms with Crippen LogP contribution in [0.25, 0.3) is 0 Å². The van der Waals surface area contributed by atoms with E-state index in [-0.39, 0.29) is 0 Å². The average Bonchev–Trinajstić information content (AvgIpc) is 2.18. The molecule has 14 heavy (non-hydrogen) atoms. The molecule has 2 nitrogen and oxygen atoms in total. The van der Waals surface area contributed by atoms with E-state index in [1.54, 1.807) is 0 Å². The molecule has 0 aliphatic heterocycles. The van der Waals surface area contributed by atoms with Gasteiger partial charge in [-0.15, -0.1) is 0 Å². The Balaban J connectivity index is 2.03. The van der Waals surface area contributed by atoms with Gasteiger partial charge in [0.25, 0.3) is 0 Å². The number of thioether (sulfide) groups is 1. The molecule has 1 saturated carbocycles. The van der Waals surface area contributed by atoms with Crippen LogP contribution in [0, 0.1) is 0 Å². The number of hydrogen-bond acceptors (Lipinski definition) is 3. The Morgan fingerprint density at radius 3 is 2.64 bits per heavy atom. The predicted molar refractivity (Wildman–Crippen MR) is 63.9 cm³/mol. The van der Waals surface area contributed by atoms with E-state index < -0.39 is 5.60 Å². The van der Waals surface area contributed by atoms with Crippen LogP contribution in [0.5, 0.6) is 0 Å². The summed E-state index contributed by atoms with van der Waals surface area (Å²) in [5, 5.41) is 13.5. The van der Waals surface area contributed by atoms with Crippen molar-refractivity contribution < 1.29 is 5.11 Å². The smallest absolute Gasteiger partial charge is 0.0771 e. The van der Waals surface area contributed by atoms with Crippen molar-refractivity contribution in [3.63, 3.8) is 0 Å². The van der Waals surface area contributed by atoms with E-state index in [1.165, 1.54) is 25.0 Å². The van der Waals surface area contributed by atoms with Gasteiger partial charge in [0.15, 0.2) is 0 Å². The molecule has 1 aliphatic carbocycles. The van der Waals surface area contributed by atoms with Gasteiger partial charge in [-0.05, 0) is 18.6 Å². The highest BCUT2D eigenvalue weighted by atomic mass is 32.2. The van der Waals surface area contributed by atoms with Crippen LogP contribution < -0.4 is 5.32 Å². The summed E-state index contributed by atoms with van der Waals surface area (Å²) in [6.45, 7) is 4.00. The maximum atomic E-state index is 10.2. The number of nitrogens with one attached hydrogen (secondary N) is 1. The fraction of sp³-hybridized carbons (Fsp3) is 1.00. The van der Waals surface area contributed by atoms with Gasteiger partial charge in [0, 0.05) is 18.8 Å². The normalized spacial score (nSPS) is 21.0. The van der Waals surface area contributed by atoms with Gasteiger partial charge >= 0.3 is 0 Å². The number of rotatable bonds is 6. The van der Waals surface area contributed by atoms with Crippen molar-refractivity contribution in [2.24, 2.45) is 0 Å². The first-order valence-corrected chi connectivity index (χ1v) is 6.93. The number of aliphatic hydroxyl groups is 1. The van der Waals surface area contributed by atoms with Gasteiger partial charge < -0.3 is 10.4 Å². The van der Waals surface area contributed by atoms with E-state index in [2.05, 4.69) is 12.2 Å². The van der Waals surface area contributed by atoms with E-state index >= 15 is 0 Å². The van der Waals surface area contributed by atoms with Gasteiger partial charge in [-0.2, -0.15) is 11.8 Å². The predicted octanol–water partition coefficient (Wildman–Crippen LogP) is 2.02. The van der Waals surface area contributed by atoms with Crippen LogP contribution >= 0.6 is 11.8 Å². The lowest BCUT2D eigenvalue weighted by Gasteiger charge is -2.32. The third kappa shape index (κ3) is 4.67. The first-order chi connectivity index (χ1) is 6.77. The largest absolute Gasteiger partial charge is 0.389 e. The minimum absolute atomic E-state index is 0.394. The summed E-state index contributed by atoms with van der Waals surface area (Å²) >= 11 is 1.95. The molecule has 0 saturated heterocycles. The zero-order valence-electron chi connectivity index (χ0n) is 9.22. The molecule has 0 atom stereocenters. The van der Waals surface area contributed by atoms with Gasteiger partial charge in [-0.25, -0.2) is 0 Å². The quantitative estimate of drug-likeness (QED) is 0.668. The van der Waals surface area contributed by atoms with Crippen molar-refractivity contribution in [2.45, 2.75) is 44.6 Å². The van der Waals surface area contributed by atoms with Crippen LogP contribution in [-0.4, -0.2) is 35.3 Å². The highest BCUT2D eigenvalue weighted by Crippen LogP contribution is 2.27. The second kappa shape index (κ2) is 6.70. The van der Waals surface area contributed by atoms with Crippen molar-refractivity contribution in [3.05, 3.63) is 0 Å². The van der Waals surface area contributed by atoms with Crippen molar-refractivity contribution in [1.29, 1.82) is 0 Å². The Labute approximate surface area is 91.9 Å². The topological polar surface area (TPSA) is 32.3 Å². The van der Waals surface area contributed by atoms with Crippen molar-refractivity contribution in [3.8, 4) is 0 Å².